The summed E-state index contributed by atoms with van der Waals surface area (Å²) in [7, 11) is -1.75. The topological polar surface area (TPSA) is 137 Å². The molecule has 2 aromatic rings. The quantitative estimate of drug-likeness (QED) is 0.662. The number of sulfonamides is 1. The average Bonchev–Trinajstić information content (AvgIpc) is 2.60. The third kappa shape index (κ3) is 4.67. The maximum Gasteiger partial charge on any atom is 0.337 e. The first-order valence-electron chi connectivity index (χ1n) is 6.85. The van der Waals surface area contributed by atoms with Crippen LogP contribution in [0.5, 0.6) is 5.88 Å². The van der Waals surface area contributed by atoms with Gasteiger partial charge in [0.2, 0.25) is 11.8 Å². The van der Waals surface area contributed by atoms with Crippen molar-refractivity contribution in [2.24, 2.45) is 0 Å². The number of methoxy groups -OCH3 is 2. The van der Waals surface area contributed by atoms with Crippen molar-refractivity contribution in [1.82, 2.24) is 14.7 Å². The smallest absolute Gasteiger partial charge is 0.337 e. The minimum atomic E-state index is -4.29. The zero-order valence-electron chi connectivity index (χ0n) is 13.5. The van der Waals surface area contributed by atoms with Crippen LogP contribution in [-0.4, -0.2) is 44.6 Å². The van der Waals surface area contributed by atoms with Gasteiger partial charge in [-0.1, -0.05) is 0 Å². The van der Waals surface area contributed by atoms with Crippen molar-refractivity contribution < 1.29 is 27.5 Å². The number of rotatable bonds is 5. The van der Waals surface area contributed by atoms with E-state index < -0.39 is 22.0 Å². The summed E-state index contributed by atoms with van der Waals surface area (Å²) in [6.45, 7) is 0. The van der Waals surface area contributed by atoms with Gasteiger partial charge in [-0.05, 0) is 34.1 Å². The van der Waals surface area contributed by atoms with Crippen LogP contribution in [0, 0.1) is 0 Å². The molecule has 1 aromatic heterocycles. The van der Waals surface area contributed by atoms with Crippen LogP contribution in [-0.2, 0) is 14.8 Å². The number of hydrogen-bond acceptors (Lipinski definition) is 8. The molecule has 0 saturated carbocycles. The lowest BCUT2D eigenvalue weighted by molar-refractivity contribution is 0.0600. The lowest BCUT2D eigenvalue weighted by Gasteiger charge is -2.10. The largest absolute Gasteiger partial charge is 0.481 e. The van der Waals surface area contributed by atoms with Crippen LogP contribution in [0.2, 0.25) is 0 Å². The van der Waals surface area contributed by atoms with Crippen LogP contribution < -0.4 is 14.8 Å². The predicted octanol–water partition coefficient (Wildman–Crippen LogP) is 1.54. The van der Waals surface area contributed by atoms with E-state index in [0.717, 1.165) is 6.07 Å². The van der Waals surface area contributed by atoms with Gasteiger partial charge in [0.15, 0.2) is 0 Å². The van der Waals surface area contributed by atoms with E-state index in [1.165, 1.54) is 38.6 Å². The van der Waals surface area contributed by atoms with Crippen LogP contribution >= 0.6 is 15.9 Å². The van der Waals surface area contributed by atoms with Crippen molar-refractivity contribution in [3.05, 3.63) is 40.5 Å². The van der Waals surface area contributed by atoms with Gasteiger partial charge in [-0.3, -0.25) is 5.32 Å². The van der Waals surface area contributed by atoms with E-state index in [2.05, 4.69) is 36.0 Å². The van der Waals surface area contributed by atoms with E-state index in [9.17, 15) is 18.0 Å². The summed E-state index contributed by atoms with van der Waals surface area (Å²) in [4.78, 5) is 30.8. The van der Waals surface area contributed by atoms with Crippen molar-refractivity contribution in [3.8, 4) is 5.88 Å². The number of amides is 2. The van der Waals surface area contributed by atoms with E-state index in [1.54, 1.807) is 4.72 Å². The number of esters is 1. The fraction of sp³-hybridized carbons (Fsp3) is 0.143. The molecular formula is C14H13BrN4O6S. The minimum Gasteiger partial charge on any atom is -0.481 e. The summed E-state index contributed by atoms with van der Waals surface area (Å²) >= 11 is 3.07. The first-order valence-corrected chi connectivity index (χ1v) is 9.13. The fourth-order valence-corrected chi connectivity index (χ4v) is 3.67. The number of halogens is 1. The van der Waals surface area contributed by atoms with E-state index in [0.29, 0.717) is 0 Å². The van der Waals surface area contributed by atoms with Gasteiger partial charge in [0.25, 0.3) is 10.0 Å². The maximum absolute atomic E-state index is 12.4. The number of carbonyl (C=O) groups is 2. The van der Waals surface area contributed by atoms with E-state index in [4.69, 9.17) is 4.74 Å². The molecule has 0 aliphatic carbocycles. The molecule has 0 spiro atoms. The van der Waals surface area contributed by atoms with Gasteiger partial charge in [-0.15, -0.1) is 0 Å². The Labute approximate surface area is 157 Å². The number of benzene rings is 1. The molecule has 0 aliphatic rings. The molecule has 2 N–H and O–H groups in total. The highest BCUT2D eigenvalue weighted by atomic mass is 79.9. The second-order valence-electron chi connectivity index (χ2n) is 4.62. The summed E-state index contributed by atoms with van der Waals surface area (Å²) in [5.41, 5.74) is 0.00705. The molecule has 0 bridgehead atoms. The highest BCUT2D eigenvalue weighted by Gasteiger charge is 2.23. The number of hydrogen-bond donors (Lipinski definition) is 2. The lowest BCUT2D eigenvalue weighted by atomic mass is 10.2. The van der Waals surface area contributed by atoms with Crippen molar-refractivity contribution in [2.45, 2.75) is 4.90 Å². The van der Waals surface area contributed by atoms with Crippen LogP contribution in [0.1, 0.15) is 10.4 Å². The number of nitrogens with one attached hydrogen (secondary N) is 2. The van der Waals surface area contributed by atoms with Gasteiger partial charge in [-0.2, -0.15) is 4.98 Å². The third-order valence-electron chi connectivity index (χ3n) is 2.93. The SMILES string of the molecule is COC(=O)c1ccc(Br)c(S(=O)(=O)NC(=O)Nc2nccc(OC)n2)c1. The monoisotopic (exact) mass is 444 g/mol. The van der Waals surface area contributed by atoms with Crippen LogP contribution in [0.4, 0.5) is 10.7 Å². The summed E-state index contributed by atoms with van der Waals surface area (Å²) in [5.74, 6) is -0.686. The maximum atomic E-state index is 12.4. The summed E-state index contributed by atoms with van der Waals surface area (Å²) in [6.07, 6.45) is 1.33. The number of ether oxygens (including phenoxy) is 2. The van der Waals surface area contributed by atoms with Gasteiger partial charge < -0.3 is 9.47 Å². The molecule has 1 aromatic carbocycles. The van der Waals surface area contributed by atoms with Gasteiger partial charge >= 0.3 is 12.0 Å². The van der Waals surface area contributed by atoms with E-state index >= 15 is 0 Å². The van der Waals surface area contributed by atoms with Crippen LogP contribution in [0.3, 0.4) is 0 Å². The lowest BCUT2D eigenvalue weighted by Crippen LogP contribution is -2.35. The zero-order valence-corrected chi connectivity index (χ0v) is 15.9. The molecule has 0 unspecified atom stereocenters. The van der Waals surface area contributed by atoms with Crippen molar-refractivity contribution in [3.63, 3.8) is 0 Å². The van der Waals surface area contributed by atoms with Crippen molar-refractivity contribution in [1.29, 1.82) is 0 Å². The Bertz CT molecular complexity index is 950. The predicted molar refractivity (Wildman–Crippen MR) is 93.4 cm³/mol. The van der Waals surface area contributed by atoms with Gasteiger partial charge in [0, 0.05) is 16.7 Å². The second kappa shape index (κ2) is 8.10. The Hall–Kier alpha value is -2.73. The Morgan fingerprint density at radius 3 is 2.58 bits per heavy atom. The molecule has 0 radical (unpaired) electrons. The Kier molecular flexibility index (Phi) is 6.10. The highest BCUT2D eigenvalue weighted by molar-refractivity contribution is 9.10. The molecule has 0 fully saturated rings. The molecule has 138 valence electrons. The molecule has 2 amide bonds. The molecule has 0 aliphatic heterocycles. The number of nitrogens with zero attached hydrogens (tertiary/aromatic N) is 2. The number of anilines is 1. The molecule has 10 nitrogen and oxygen atoms in total. The number of urea groups is 1. The highest BCUT2D eigenvalue weighted by Crippen LogP contribution is 2.23. The molecule has 0 atom stereocenters. The summed E-state index contributed by atoms with van der Waals surface area (Å²) < 4.78 is 36.2. The first-order chi connectivity index (χ1) is 12.3. The summed E-state index contributed by atoms with van der Waals surface area (Å²) in [5, 5.41) is 2.17. The number of aromatic nitrogens is 2. The standard InChI is InChI=1S/C14H13BrN4O6S/c1-24-11-5-6-16-13(17-11)18-14(21)19-26(22,23)10-7-8(12(20)25-2)3-4-9(10)15/h3-7H,1-2H3,(H2,16,17,18,19,21). The molecule has 12 heteroatoms. The van der Waals surface area contributed by atoms with Crippen LogP contribution in [0.15, 0.2) is 39.8 Å². The Morgan fingerprint density at radius 1 is 1.19 bits per heavy atom. The van der Waals surface area contributed by atoms with E-state index in [1.807, 2.05) is 0 Å². The normalized spacial score (nSPS) is 10.7. The molecular weight excluding hydrogens is 432 g/mol. The molecule has 26 heavy (non-hydrogen) atoms. The van der Waals surface area contributed by atoms with Crippen molar-refractivity contribution in [2.75, 3.05) is 19.5 Å². The van der Waals surface area contributed by atoms with Gasteiger partial charge in [0.05, 0.1) is 19.8 Å². The molecule has 1 heterocycles. The zero-order chi connectivity index (χ0) is 19.3. The molecule has 0 saturated heterocycles. The number of carbonyl (C=O) groups excluding carboxylic acids is 2. The fourth-order valence-electron chi connectivity index (χ4n) is 1.77. The van der Waals surface area contributed by atoms with Crippen LogP contribution in [0.25, 0.3) is 0 Å². The van der Waals surface area contributed by atoms with Crippen molar-refractivity contribution >= 4 is 43.9 Å². The Balaban J connectivity index is 2.22. The second-order valence-corrected chi connectivity index (χ2v) is 7.12. The molecule has 2 rings (SSSR count). The van der Waals surface area contributed by atoms with E-state index in [-0.39, 0.29) is 26.8 Å². The third-order valence-corrected chi connectivity index (χ3v) is 5.26. The van der Waals surface area contributed by atoms with Gasteiger partial charge in [-0.25, -0.2) is 27.7 Å². The average molecular weight is 445 g/mol. The summed E-state index contributed by atoms with van der Waals surface area (Å²) in [6, 6.07) is 4.17. The Morgan fingerprint density at radius 2 is 1.92 bits per heavy atom. The minimum absolute atomic E-state index is 0.00705. The van der Waals surface area contributed by atoms with Gasteiger partial charge in [0.1, 0.15) is 4.90 Å². The first kappa shape index (κ1) is 19.6.